The molecule has 1 N–H and O–H groups in total. The lowest BCUT2D eigenvalue weighted by Gasteiger charge is -2.08. The number of nitrogens with zero attached hydrogens (tertiary/aromatic N) is 2. The second kappa shape index (κ2) is 8.68. The van der Waals surface area contributed by atoms with Crippen LogP contribution in [0.5, 0.6) is 0 Å². The van der Waals surface area contributed by atoms with Gasteiger partial charge in [0.05, 0.1) is 11.4 Å². The standard InChI is InChI=1S/C21H22ClN3O/c1-2-3-7-13-23-21(26)20-15-19(16-9-5-4-6-10-16)24-25(20)18-12-8-11-17(22)14-18/h4-6,8-12,14-15H,2-3,7,13H2,1H3,(H,23,26). The number of rotatable bonds is 7. The van der Waals surface area contributed by atoms with E-state index in [1.807, 2.05) is 48.5 Å². The second-order valence-corrected chi connectivity index (χ2v) is 6.57. The number of unbranched alkanes of at least 4 members (excludes halogenated alkanes) is 2. The van der Waals surface area contributed by atoms with Crippen LogP contribution < -0.4 is 5.32 Å². The van der Waals surface area contributed by atoms with E-state index in [-0.39, 0.29) is 5.91 Å². The number of carbonyl (C=O) groups is 1. The minimum Gasteiger partial charge on any atom is -0.351 e. The smallest absolute Gasteiger partial charge is 0.270 e. The third kappa shape index (κ3) is 4.33. The first kappa shape index (κ1) is 18.2. The van der Waals surface area contributed by atoms with E-state index in [1.165, 1.54) is 0 Å². The summed E-state index contributed by atoms with van der Waals surface area (Å²) in [5, 5.41) is 8.25. The normalized spacial score (nSPS) is 10.7. The van der Waals surface area contributed by atoms with E-state index in [0.29, 0.717) is 17.3 Å². The molecule has 0 atom stereocenters. The number of aromatic nitrogens is 2. The molecule has 0 unspecified atom stereocenters. The molecule has 0 spiro atoms. The number of hydrogen-bond donors (Lipinski definition) is 1. The summed E-state index contributed by atoms with van der Waals surface area (Å²) in [5.41, 5.74) is 2.98. The molecule has 0 aliphatic rings. The van der Waals surface area contributed by atoms with Gasteiger partial charge in [-0.25, -0.2) is 4.68 Å². The molecule has 0 saturated heterocycles. The largest absolute Gasteiger partial charge is 0.351 e. The zero-order valence-corrected chi connectivity index (χ0v) is 15.5. The minimum absolute atomic E-state index is 0.129. The Morgan fingerprint density at radius 3 is 2.62 bits per heavy atom. The molecule has 5 heteroatoms. The molecule has 134 valence electrons. The molecule has 1 aromatic heterocycles. The van der Waals surface area contributed by atoms with E-state index in [1.54, 1.807) is 16.8 Å². The van der Waals surface area contributed by atoms with Gasteiger partial charge < -0.3 is 5.32 Å². The topological polar surface area (TPSA) is 46.9 Å². The van der Waals surface area contributed by atoms with Gasteiger partial charge in [0, 0.05) is 17.1 Å². The molecule has 1 amide bonds. The number of benzene rings is 2. The fourth-order valence-corrected chi connectivity index (χ4v) is 2.95. The Kier molecular flexibility index (Phi) is 6.08. The molecule has 3 aromatic rings. The maximum atomic E-state index is 12.7. The highest BCUT2D eigenvalue weighted by Crippen LogP contribution is 2.23. The van der Waals surface area contributed by atoms with Gasteiger partial charge in [-0.05, 0) is 30.7 Å². The fraction of sp³-hybridized carbons (Fsp3) is 0.238. The van der Waals surface area contributed by atoms with Crippen molar-refractivity contribution in [2.24, 2.45) is 0 Å². The quantitative estimate of drug-likeness (QED) is 0.589. The Bertz CT molecular complexity index is 874. The first-order valence-electron chi connectivity index (χ1n) is 8.88. The van der Waals surface area contributed by atoms with Crippen molar-refractivity contribution >= 4 is 17.5 Å². The number of amides is 1. The van der Waals surface area contributed by atoms with Crippen molar-refractivity contribution in [2.75, 3.05) is 6.54 Å². The SMILES string of the molecule is CCCCCNC(=O)c1cc(-c2ccccc2)nn1-c1cccc(Cl)c1. The molecular formula is C21H22ClN3O. The summed E-state index contributed by atoms with van der Waals surface area (Å²) in [6.07, 6.45) is 3.19. The average Bonchev–Trinajstić information content (AvgIpc) is 3.11. The Balaban J connectivity index is 1.95. The second-order valence-electron chi connectivity index (χ2n) is 6.14. The van der Waals surface area contributed by atoms with Crippen LogP contribution in [-0.2, 0) is 0 Å². The van der Waals surface area contributed by atoms with Gasteiger partial charge >= 0.3 is 0 Å². The van der Waals surface area contributed by atoms with E-state index in [0.717, 1.165) is 36.2 Å². The molecule has 4 nitrogen and oxygen atoms in total. The summed E-state index contributed by atoms with van der Waals surface area (Å²) < 4.78 is 1.66. The number of halogens is 1. The van der Waals surface area contributed by atoms with E-state index in [9.17, 15) is 4.79 Å². The van der Waals surface area contributed by atoms with Gasteiger partial charge in [0.25, 0.3) is 5.91 Å². The van der Waals surface area contributed by atoms with Crippen LogP contribution in [0.25, 0.3) is 16.9 Å². The lowest BCUT2D eigenvalue weighted by molar-refractivity contribution is 0.0945. The van der Waals surface area contributed by atoms with E-state index in [2.05, 4.69) is 17.3 Å². The van der Waals surface area contributed by atoms with Gasteiger partial charge in [-0.3, -0.25) is 4.79 Å². The van der Waals surface area contributed by atoms with Gasteiger partial charge in [-0.2, -0.15) is 5.10 Å². The summed E-state index contributed by atoms with van der Waals surface area (Å²) in [6, 6.07) is 19.0. The maximum Gasteiger partial charge on any atom is 0.270 e. The molecule has 3 rings (SSSR count). The Labute approximate surface area is 158 Å². The molecular weight excluding hydrogens is 346 g/mol. The Morgan fingerprint density at radius 1 is 1.08 bits per heavy atom. The van der Waals surface area contributed by atoms with Crippen molar-refractivity contribution < 1.29 is 4.79 Å². The highest BCUT2D eigenvalue weighted by molar-refractivity contribution is 6.30. The van der Waals surface area contributed by atoms with Gasteiger partial charge in [-0.1, -0.05) is 67.8 Å². The van der Waals surface area contributed by atoms with Crippen LogP contribution in [0.1, 0.15) is 36.7 Å². The summed E-state index contributed by atoms with van der Waals surface area (Å²) >= 11 is 6.13. The van der Waals surface area contributed by atoms with Crippen LogP contribution in [0.3, 0.4) is 0 Å². The predicted molar refractivity (Wildman–Crippen MR) is 106 cm³/mol. The Morgan fingerprint density at radius 2 is 1.88 bits per heavy atom. The van der Waals surface area contributed by atoms with Gasteiger partial charge in [-0.15, -0.1) is 0 Å². The molecule has 0 fully saturated rings. The van der Waals surface area contributed by atoms with E-state index in [4.69, 9.17) is 11.6 Å². The first-order chi connectivity index (χ1) is 12.7. The van der Waals surface area contributed by atoms with Crippen LogP contribution in [0.4, 0.5) is 0 Å². The van der Waals surface area contributed by atoms with Crippen molar-refractivity contribution in [2.45, 2.75) is 26.2 Å². The molecule has 0 bridgehead atoms. The lowest BCUT2D eigenvalue weighted by Crippen LogP contribution is -2.26. The average molecular weight is 368 g/mol. The van der Waals surface area contributed by atoms with Crippen molar-refractivity contribution in [3.8, 4) is 16.9 Å². The fourth-order valence-electron chi connectivity index (χ4n) is 2.76. The number of nitrogens with one attached hydrogen (secondary N) is 1. The maximum absolute atomic E-state index is 12.7. The van der Waals surface area contributed by atoms with Crippen molar-refractivity contribution in [1.29, 1.82) is 0 Å². The number of hydrogen-bond acceptors (Lipinski definition) is 2. The zero-order chi connectivity index (χ0) is 18.4. The number of carbonyl (C=O) groups excluding carboxylic acids is 1. The van der Waals surface area contributed by atoms with Crippen molar-refractivity contribution in [1.82, 2.24) is 15.1 Å². The minimum atomic E-state index is -0.129. The molecule has 1 heterocycles. The summed E-state index contributed by atoms with van der Waals surface area (Å²) in [4.78, 5) is 12.7. The highest BCUT2D eigenvalue weighted by atomic mass is 35.5. The van der Waals surface area contributed by atoms with Gasteiger partial charge in [0.15, 0.2) is 0 Å². The van der Waals surface area contributed by atoms with Crippen molar-refractivity contribution in [3.63, 3.8) is 0 Å². The summed E-state index contributed by atoms with van der Waals surface area (Å²) in [6.45, 7) is 2.80. The molecule has 0 aliphatic heterocycles. The first-order valence-corrected chi connectivity index (χ1v) is 9.26. The summed E-state index contributed by atoms with van der Waals surface area (Å²) in [5.74, 6) is -0.129. The van der Waals surface area contributed by atoms with Crippen molar-refractivity contribution in [3.05, 3.63) is 71.4 Å². The van der Waals surface area contributed by atoms with Crippen LogP contribution in [-0.4, -0.2) is 22.2 Å². The van der Waals surface area contributed by atoms with Crippen LogP contribution >= 0.6 is 11.6 Å². The molecule has 26 heavy (non-hydrogen) atoms. The third-order valence-electron chi connectivity index (χ3n) is 4.13. The van der Waals surface area contributed by atoms with Crippen LogP contribution in [0.2, 0.25) is 5.02 Å². The molecule has 0 radical (unpaired) electrons. The van der Waals surface area contributed by atoms with E-state index >= 15 is 0 Å². The van der Waals surface area contributed by atoms with Gasteiger partial charge in [0.1, 0.15) is 5.69 Å². The summed E-state index contributed by atoms with van der Waals surface area (Å²) in [7, 11) is 0. The molecule has 2 aromatic carbocycles. The highest BCUT2D eigenvalue weighted by Gasteiger charge is 2.17. The Hall–Kier alpha value is -2.59. The molecule has 0 aliphatic carbocycles. The van der Waals surface area contributed by atoms with Gasteiger partial charge in [0.2, 0.25) is 0 Å². The van der Waals surface area contributed by atoms with Crippen LogP contribution in [0.15, 0.2) is 60.7 Å². The predicted octanol–water partition coefficient (Wildman–Crippen LogP) is 5.11. The van der Waals surface area contributed by atoms with E-state index < -0.39 is 0 Å². The zero-order valence-electron chi connectivity index (χ0n) is 14.8. The molecule has 0 saturated carbocycles. The van der Waals surface area contributed by atoms with Crippen LogP contribution in [0, 0.1) is 0 Å². The monoisotopic (exact) mass is 367 g/mol. The lowest BCUT2D eigenvalue weighted by atomic mass is 10.1. The third-order valence-corrected chi connectivity index (χ3v) is 4.37.